The molecule has 0 saturated heterocycles. The van der Waals surface area contributed by atoms with Crippen molar-refractivity contribution in [2.75, 3.05) is 14.1 Å². The molecule has 0 radical (unpaired) electrons. The average Bonchev–Trinajstić information content (AvgIpc) is 2.90. The van der Waals surface area contributed by atoms with Gasteiger partial charge in [-0.25, -0.2) is 0 Å². The molecule has 8 nitrogen and oxygen atoms in total. The first-order chi connectivity index (χ1) is 18.6. The van der Waals surface area contributed by atoms with Gasteiger partial charge in [0.05, 0.1) is 6.04 Å². The first-order valence-electron chi connectivity index (χ1n) is 13.7. The third-order valence-corrected chi connectivity index (χ3v) is 7.00. The average molecular weight is 535 g/mol. The highest BCUT2D eigenvalue weighted by atomic mass is 16.5. The summed E-state index contributed by atoms with van der Waals surface area (Å²) in [5.74, 6) is -0.334. The van der Waals surface area contributed by atoms with Crippen molar-refractivity contribution in [3.05, 3.63) is 71.9 Å². The molecule has 5 atom stereocenters. The Balaban J connectivity index is 2.11. The number of likely N-dealkylation sites (N-methyl/N-ethyl adjacent to an activating group) is 1. The summed E-state index contributed by atoms with van der Waals surface area (Å²) in [6.45, 7) is 8.03. The van der Waals surface area contributed by atoms with E-state index in [0.29, 0.717) is 12.2 Å². The molecule has 2 aliphatic rings. The number of amides is 3. The number of ether oxygens (including phenoxy) is 1. The van der Waals surface area contributed by atoms with Gasteiger partial charge in [0.2, 0.25) is 17.7 Å². The molecule has 0 aromatic heterocycles. The summed E-state index contributed by atoms with van der Waals surface area (Å²) in [7, 11) is 3.71. The van der Waals surface area contributed by atoms with Crippen LogP contribution in [0.15, 0.2) is 60.8 Å². The standard InChI is InChI=1S/C31H42N4O4/c1-7-21(4)27(35(5)6)31(38)34-26-28(23-11-9-8-10-12-23)39-24-15-13-22(14-16-24)17-18-32-29(36)25(19-20(2)3)33-30(26)37/h8-18,20-21,25-28H,7,19H2,1-6H3,(H,32,36)(H,33,37)(H,34,38)/b18-17-/t21-,25+,26+,27+,28-/m1/s1. The molecular weight excluding hydrogens is 492 g/mol. The molecule has 2 aromatic rings. The van der Waals surface area contributed by atoms with Crippen molar-refractivity contribution >= 4 is 23.8 Å². The molecule has 39 heavy (non-hydrogen) atoms. The van der Waals surface area contributed by atoms with Crippen LogP contribution in [0.4, 0.5) is 0 Å². The van der Waals surface area contributed by atoms with E-state index < -0.39 is 30.1 Å². The number of carbonyl (C=O) groups excluding carboxylic acids is 3. The molecule has 0 saturated carbocycles. The molecule has 8 heteroatoms. The van der Waals surface area contributed by atoms with Crippen LogP contribution in [0, 0.1) is 11.8 Å². The number of benzene rings is 2. The molecule has 0 spiro atoms. The van der Waals surface area contributed by atoms with E-state index in [1.54, 1.807) is 12.3 Å². The Hall–Kier alpha value is -3.65. The molecule has 3 N–H and O–H groups in total. The minimum Gasteiger partial charge on any atom is -0.483 e. The summed E-state index contributed by atoms with van der Waals surface area (Å²) in [5.41, 5.74) is 1.61. The maximum Gasteiger partial charge on any atom is 0.247 e. The summed E-state index contributed by atoms with van der Waals surface area (Å²) in [6.07, 6.45) is 3.74. The Morgan fingerprint density at radius 2 is 1.67 bits per heavy atom. The minimum absolute atomic E-state index is 0.0523. The largest absolute Gasteiger partial charge is 0.483 e. The molecular formula is C31H42N4O4. The SMILES string of the molecule is CC[C@@H](C)[C@@H](C(=O)N[C@@H]1C(=O)N[C@@H](CC(C)C)C(=O)N/C=C\c2ccc(cc2)O[C@@H]1c1ccccc1)N(C)C. The monoisotopic (exact) mass is 534 g/mol. The first-order valence-corrected chi connectivity index (χ1v) is 13.7. The lowest BCUT2D eigenvalue weighted by molar-refractivity contribution is -0.136. The highest BCUT2D eigenvalue weighted by Gasteiger charge is 2.38. The van der Waals surface area contributed by atoms with Gasteiger partial charge in [-0.2, -0.15) is 0 Å². The van der Waals surface area contributed by atoms with E-state index in [-0.39, 0.29) is 23.7 Å². The van der Waals surface area contributed by atoms with E-state index in [2.05, 4.69) is 16.0 Å². The lowest BCUT2D eigenvalue weighted by atomic mass is 9.95. The van der Waals surface area contributed by atoms with Gasteiger partial charge in [0.25, 0.3) is 0 Å². The van der Waals surface area contributed by atoms with Crippen LogP contribution in [0.5, 0.6) is 5.75 Å². The zero-order valence-electron chi connectivity index (χ0n) is 23.8. The highest BCUT2D eigenvalue weighted by Crippen LogP contribution is 2.27. The number of fused-ring (bicyclic) bond motifs is 10. The normalized spacial score (nSPS) is 22.3. The van der Waals surface area contributed by atoms with Gasteiger partial charge in [-0.05, 0) is 61.7 Å². The summed E-state index contributed by atoms with van der Waals surface area (Å²) in [4.78, 5) is 42.7. The second kappa shape index (κ2) is 13.9. The third kappa shape index (κ3) is 8.17. The van der Waals surface area contributed by atoms with E-state index in [4.69, 9.17) is 4.74 Å². The van der Waals surface area contributed by atoms with Crippen LogP contribution >= 0.6 is 0 Å². The fraction of sp³-hybridized carbons (Fsp3) is 0.452. The van der Waals surface area contributed by atoms with Crippen LogP contribution in [0.3, 0.4) is 0 Å². The van der Waals surface area contributed by atoms with E-state index >= 15 is 0 Å². The van der Waals surface area contributed by atoms with Gasteiger partial charge >= 0.3 is 0 Å². The number of carbonyl (C=O) groups is 3. The van der Waals surface area contributed by atoms with Crippen LogP contribution in [-0.2, 0) is 14.4 Å². The Kier molecular flexibility index (Phi) is 10.7. The first kappa shape index (κ1) is 29.9. The van der Waals surface area contributed by atoms with Crippen molar-refractivity contribution in [1.82, 2.24) is 20.9 Å². The maximum absolute atomic E-state index is 14.0. The Labute approximate surface area is 232 Å². The molecule has 2 aliphatic heterocycles. The van der Waals surface area contributed by atoms with Gasteiger partial charge < -0.3 is 20.7 Å². The topological polar surface area (TPSA) is 99.8 Å². The summed E-state index contributed by atoms with van der Waals surface area (Å²) in [6, 6.07) is 14.4. The minimum atomic E-state index is -1.10. The third-order valence-electron chi connectivity index (χ3n) is 7.00. The molecule has 0 aliphatic carbocycles. The van der Waals surface area contributed by atoms with Crippen LogP contribution in [0.25, 0.3) is 6.08 Å². The van der Waals surface area contributed by atoms with Gasteiger partial charge in [-0.15, -0.1) is 0 Å². The van der Waals surface area contributed by atoms with Crippen LogP contribution in [0.1, 0.15) is 57.8 Å². The van der Waals surface area contributed by atoms with E-state index in [0.717, 1.165) is 17.5 Å². The van der Waals surface area contributed by atoms with Crippen molar-refractivity contribution in [3.63, 3.8) is 0 Å². The van der Waals surface area contributed by atoms with Gasteiger partial charge in [-0.3, -0.25) is 19.3 Å². The maximum atomic E-state index is 14.0. The Morgan fingerprint density at radius 3 is 2.26 bits per heavy atom. The molecule has 2 heterocycles. The number of hydrogen-bond donors (Lipinski definition) is 3. The van der Waals surface area contributed by atoms with Crippen molar-refractivity contribution in [2.45, 2.75) is 64.8 Å². The van der Waals surface area contributed by atoms with Crippen LogP contribution in [-0.4, -0.2) is 54.8 Å². The van der Waals surface area contributed by atoms with E-state index in [9.17, 15) is 14.4 Å². The van der Waals surface area contributed by atoms with Crippen LogP contribution < -0.4 is 20.7 Å². The highest BCUT2D eigenvalue weighted by molar-refractivity contribution is 5.94. The molecule has 4 rings (SSSR count). The number of nitrogens with zero attached hydrogens (tertiary/aromatic N) is 1. The van der Waals surface area contributed by atoms with Gasteiger partial charge in [0, 0.05) is 6.20 Å². The number of rotatable bonds is 8. The van der Waals surface area contributed by atoms with Crippen molar-refractivity contribution < 1.29 is 19.1 Å². The fourth-order valence-electron chi connectivity index (χ4n) is 4.80. The van der Waals surface area contributed by atoms with Crippen molar-refractivity contribution in [3.8, 4) is 5.75 Å². The smallest absolute Gasteiger partial charge is 0.247 e. The quantitative estimate of drug-likeness (QED) is 0.477. The van der Waals surface area contributed by atoms with E-state index in [1.807, 2.05) is 101 Å². The molecule has 2 aromatic carbocycles. The summed E-state index contributed by atoms with van der Waals surface area (Å²) >= 11 is 0. The predicted molar refractivity (Wildman–Crippen MR) is 154 cm³/mol. The lowest BCUT2D eigenvalue weighted by Crippen LogP contribution is -2.59. The molecule has 210 valence electrons. The molecule has 3 amide bonds. The van der Waals surface area contributed by atoms with Crippen LogP contribution in [0.2, 0.25) is 0 Å². The van der Waals surface area contributed by atoms with Crippen molar-refractivity contribution in [2.24, 2.45) is 11.8 Å². The number of nitrogens with one attached hydrogen (secondary N) is 3. The Bertz CT molecular complexity index is 1130. The predicted octanol–water partition coefficient (Wildman–Crippen LogP) is 3.90. The number of hydrogen-bond acceptors (Lipinski definition) is 5. The molecule has 2 bridgehead atoms. The molecule has 0 fully saturated rings. The zero-order valence-corrected chi connectivity index (χ0v) is 23.8. The second-order valence-corrected chi connectivity index (χ2v) is 10.8. The fourth-order valence-corrected chi connectivity index (χ4v) is 4.80. The second-order valence-electron chi connectivity index (χ2n) is 10.8. The molecule has 0 unspecified atom stereocenters. The van der Waals surface area contributed by atoms with Crippen molar-refractivity contribution in [1.29, 1.82) is 0 Å². The zero-order chi connectivity index (χ0) is 28.5. The Morgan fingerprint density at radius 1 is 1.00 bits per heavy atom. The van der Waals surface area contributed by atoms with Gasteiger partial charge in [0.15, 0.2) is 6.10 Å². The van der Waals surface area contributed by atoms with E-state index in [1.165, 1.54) is 0 Å². The summed E-state index contributed by atoms with van der Waals surface area (Å²) in [5, 5.41) is 8.72. The lowest BCUT2D eigenvalue weighted by Gasteiger charge is -2.34. The summed E-state index contributed by atoms with van der Waals surface area (Å²) < 4.78 is 6.44. The van der Waals surface area contributed by atoms with Gasteiger partial charge in [-0.1, -0.05) is 76.6 Å². The van der Waals surface area contributed by atoms with Gasteiger partial charge in [0.1, 0.15) is 17.8 Å².